The van der Waals surface area contributed by atoms with Gasteiger partial charge in [0.1, 0.15) is 18.3 Å². The second-order valence-electron chi connectivity index (χ2n) is 10.3. The van der Waals surface area contributed by atoms with Crippen LogP contribution >= 0.6 is 11.8 Å². The molecule has 1 unspecified atom stereocenters. The maximum atomic E-state index is 12.8. The Hall–Kier alpha value is -4.36. The minimum Gasteiger partial charge on any atom is -0.406 e. The van der Waals surface area contributed by atoms with Gasteiger partial charge in [0, 0.05) is 5.69 Å². The van der Waals surface area contributed by atoms with Crippen molar-refractivity contribution in [3.8, 4) is 5.75 Å². The number of carbonyl (C=O) groups excluding carboxylic acids is 2. The number of aliphatic imine (C=N–C) groups is 2. The number of amidine groups is 1. The number of hydrogen-bond donors (Lipinski definition) is 2. The number of halogens is 3. The number of anilines is 3. The molecule has 230 valence electrons. The Morgan fingerprint density at radius 3 is 2.57 bits per heavy atom. The number of aryl methyl sites for hydroxylation is 3. The molecule has 13 heteroatoms. The molecule has 0 spiro atoms. The first-order valence-corrected chi connectivity index (χ1v) is 15.0. The third kappa shape index (κ3) is 7.97. The van der Waals surface area contributed by atoms with Crippen molar-refractivity contribution in [2.24, 2.45) is 9.98 Å². The Morgan fingerprint density at radius 2 is 1.86 bits per heavy atom. The van der Waals surface area contributed by atoms with Crippen LogP contribution in [0, 0.1) is 6.92 Å². The fourth-order valence-corrected chi connectivity index (χ4v) is 5.66. The van der Waals surface area contributed by atoms with Gasteiger partial charge in [-0.2, -0.15) is 4.99 Å². The van der Waals surface area contributed by atoms with E-state index in [-0.39, 0.29) is 23.6 Å². The Balaban J connectivity index is 1.13. The summed E-state index contributed by atoms with van der Waals surface area (Å²) >= 11 is 1.25. The van der Waals surface area contributed by atoms with E-state index >= 15 is 0 Å². The van der Waals surface area contributed by atoms with Crippen molar-refractivity contribution in [1.29, 1.82) is 0 Å². The highest BCUT2D eigenvalue weighted by Crippen LogP contribution is 2.32. The summed E-state index contributed by atoms with van der Waals surface area (Å²) in [6, 6.07) is 18.3. The molecule has 2 N–H and O–H groups in total. The van der Waals surface area contributed by atoms with E-state index in [4.69, 9.17) is 0 Å². The lowest BCUT2D eigenvalue weighted by atomic mass is 10.0. The molecule has 3 aromatic rings. The normalized spacial score (nSPS) is 17.5. The molecule has 2 aliphatic heterocycles. The van der Waals surface area contributed by atoms with Gasteiger partial charge < -0.3 is 10.1 Å². The van der Waals surface area contributed by atoms with Gasteiger partial charge in [-0.3, -0.25) is 19.7 Å². The molecule has 0 aromatic heterocycles. The minimum atomic E-state index is -4.74. The van der Waals surface area contributed by atoms with Crippen LogP contribution in [-0.2, 0) is 17.6 Å². The summed E-state index contributed by atoms with van der Waals surface area (Å²) in [7, 11) is 0. The van der Waals surface area contributed by atoms with Crippen molar-refractivity contribution in [2.45, 2.75) is 52.1 Å². The van der Waals surface area contributed by atoms with Crippen molar-refractivity contribution < 1.29 is 27.5 Å². The average molecular weight is 625 g/mol. The first kappa shape index (κ1) is 31.1. The molecular formula is C31H31F3N6O3S. The van der Waals surface area contributed by atoms with Crippen LogP contribution < -0.4 is 25.4 Å². The zero-order valence-electron chi connectivity index (χ0n) is 24.1. The number of carbonyl (C=O) groups is 2. The van der Waals surface area contributed by atoms with Crippen LogP contribution in [0.15, 0.2) is 76.7 Å². The predicted molar refractivity (Wildman–Crippen MR) is 167 cm³/mol. The van der Waals surface area contributed by atoms with Gasteiger partial charge in [0.05, 0.1) is 17.1 Å². The van der Waals surface area contributed by atoms with E-state index in [1.165, 1.54) is 36.0 Å². The molecule has 5 rings (SSSR count). The number of nitrogens with zero attached hydrogens (tertiary/aromatic N) is 4. The van der Waals surface area contributed by atoms with Crippen LogP contribution in [0.5, 0.6) is 5.75 Å². The smallest absolute Gasteiger partial charge is 0.406 e. The number of hydrazine groups is 1. The molecule has 3 aromatic carbocycles. The van der Waals surface area contributed by atoms with Crippen LogP contribution in [0.25, 0.3) is 0 Å². The summed E-state index contributed by atoms with van der Waals surface area (Å²) in [5.74, 6) is -0.175. The standard InChI is InChI=1S/C31H31F3N6O3S/c1-3-4-22-9-5-20(2)17-26(22)40-28(41)18-44-30(40)37-29(42)36-23-10-6-21(7-11-23)8-16-27-35-19-39(38-27)24-12-14-25(15-13-24)43-31(32,33)34/h5-7,9-15,17,19,27,38H,3-4,8,16,18H2,1-2H3,(H,36,42)/b37-30-. The maximum Gasteiger partial charge on any atom is 0.573 e. The van der Waals surface area contributed by atoms with E-state index in [0.29, 0.717) is 29.4 Å². The van der Waals surface area contributed by atoms with Crippen molar-refractivity contribution >= 4 is 52.3 Å². The van der Waals surface area contributed by atoms with Crippen LogP contribution in [-0.4, -0.2) is 41.7 Å². The Labute approximate surface area is 257 Å². The van der Waals surface area contributed by atoms with Crippen molar-refractivity contribution in [3.05, 3.63) is 83.4 Å². The zero-order valence-corrected chi connectivity index (χ0v) is 24.9. The predicted octanol–water partition coefficient (Wildman–Crippen LogP) is 6.83. The van der Waals surface area contributed by atoms with Crippen molar-refractivity contribution in [3.63, 3.8) is 0 Å². The topological polar surface area (TPSA) is 98.6 Å². The van der Waals surface area contributed by atoms with Gasteiger partial charge >= 0.3 is 12.4 Å². The van der Waals surface area contributed by atoms with Gasteiger partial charge in [-0.05, 0) is 85.3 Å². The van der Waals surface area contributed by atoms with Crippen LogP contribution in [0.2, 0.25) is 0 Å². The first-order valence-electron chi connectivity index (χ1n) is 14.1. The number of rotatable bonds is 9. The lowest BCUT2D eigenvalue weighted by Crippen LogP contribution is -2.37. The van der Waals surface area contributed by atoms with Gasteiger partial charge in [-0.1, -0.05) is 49.4 Å². The second kappa shape index (κ2) is 13.5. The minimum absolute atomic E-state index is 0.105. The highest BCUT2D eigenvalue weighted by molar-refractivity contribution is 8.15. The van der Waals surface area contributed by atoms with E-state index in [0.717, 1.165) is 35.2 Å². The molecule has 2 aliphatic rings. The summed E-state index contributed by atoms with van der Waals surface area (Å²) in [5.41, 5.74) is 8.26. The van der Waals surface area contributed by atoms with Gasteiger partial charge in [0.2, 0.25) is 5.91 Å². The van der Waals surface area contributed by atoms with Gasteiger partial charge in [0.15, 0.2) is 5.17 Å². The van der Waals surface area contributed by atoms with E-state index < -0.39 is 12.4 Å². The Morgan fingerprint density at radius 1 is 1.11 bits per heavy atom. The summed E-state index contributed by atoms with van der Waals surface area (Å²) in [6.07, 6.45) is -0.253. The molecule has 3 amide bonds. The fourth-order valence-electron chi connectivity index (χ4n) is 4.80. The lowest BCUT2D eigenvalue weighted by molar-refractivity contribution is -0.274. The molecule has 9 nitrogen and oxygen atoms in total. The molecule has 1 atom stereocenters. The largest absolute Gasteiger partial charge is 0.573 e. The third-order valence-corrected chi connectivity index (χ3v) is 7.80. The first-order chi connectivity index (χ1) is 21.1. The van der Waals surface area contributed by atoms with E-state index in [1.54, 1.807) is 28.4 Å². The molecule has 2 heterocycles. The highest BCUT2D eigenvalue weighted by atomic mass is 32.2. The fraction of sp³-hybridized carbons (Fsp3) is 0.290. The van der Waals surface area contributed by atoms with Gasteiger partial charge in [-0.15, -0.1) is 13.2 Å². The van der Waals surface area contributed by atoms with E-state index in [1.807, 2.05) is 37.3 Å². The molecule has 1 saturated heterocycles. The quantitative estimate of drug-likeness (QED) is 0.271. The molecular weight excluding hydrogens is 593 g/mol. The van der Waals surface area contributed by atoms with Crippen LogP contribution in [0.1, 0.15) is 36.5 Å². The number of amides is 3. The number of alkyl halides is 3. The van der Waals surface area contributed by atoms with Crippen molar-refractivity contribution in [1.82, 2.24) is 5.43 Å². The number of urea groups is 1. The summed E-state index contributed by atoms with van der Waals surface area (Å²) in [6.45, 7) is 4.05. The van der Waals surface area contributed by atoms with Crippen LogP contribution in [0.4, 0.5) is 35.0 Å². The number of ether oxygens (including phenoxy) is 1. The molecule has 0 aliphatic carbocycles. The van der Waals surface area contributed by atoms with E-state index in [2.05, 4.69) is 32.4 Å². The Bertz CT molecular complexity index is 1560. The number of thioether (sulfide) groups is 1. The number of hydrogen-bond acceptors (Lipinski definition) is 7. The average Bonchev–Trinajstić information content (AvgIpc) is 3.60. The number of nitrogens with one attached hydrogen (secondary N) is 2. The molecule has 0 radical (unpaired) electrons. The Kier molecular flexibility index (Phi) is 9.55. The van der Waals surface area contributed by atoms with Gasteiger partial charge in [0.25, 0.3) is 0 Å². The SMILES string of the molecule is CCCc1ccc(C)cc1N1C(=O)CS/C1=N\C(=O)Nc1ccc(CCC2N=CN(c3ccc(OC(F)(F)F)cc3)N2)cc1. The third-order valence-electron chi connectivity index (χ3n) is 6.87. The lowest BCUT2D eigenvalue weighted by Gasteiger charge is -2.20. The molecule has 1 fully saturated rings. The molecule has 0 saturated carbocycles. The molecule has 0 bridgehead atoms. The second-order valence-corrected chi connectivity index (χ2v) is 11.2. The summed E-state index contributed by atoms with van der Waals surface area (Å²) in [5, 5.41) is 4.78. The summed E-state index contributed by atoms with van der Waals surface area (Å²) < 4.78 is 41.1. The van der Waals surface area contributed by atoms with Crippen molar-refractivity contribution in [2.75, 3.05) is 21.0 Å². The maximum absolute atomic E-state index is 12.8. The monoisotopic (exact) mass is 624 g/mol. The number of benzene rings is 3. The summed E-state index contributed by atoms with van der Waals surface area (Å²) in [4.78, 5) is 35.8. The van der Waals surface area contributed by atoms with E-state index in [9.17, 15) is 22.8 Å². The molecule has 44 heavy (non-hydrogen) atoms. The highest BCUT2D eigenvalue weighted by Gasteiger charge is 2.32. The van der Waals surface area contributed by atoms with Crippen LogP contribution in [0.3, 0.4) is 0 Å². The van der Waals surface area contributed by atoms with Gasteiger partial charge in [-0.25, -0.2) is 10.2 Å². The zero-order chi connectivity index (χ0) is 31.3.